The molecule has 0 bridgehead atoms. The molecule has 0 atom stereocenters. The van der Waals surface area contributed by atoms with Crippen molar-refractivity contribution in [3.05, 3.63) is 47.8 Å². The van der Waals surface area contributed by atoms with E-state index in [9.17, 15) is 4.79 Å². The van der Waals surface area contributed by atoms with Gasteiger partial charge < -0.3 is 15.2 Å². The van der Waals surface area contributed by atoms with Crippen LogP contribution in [0.1, 0.15) is 16.1 Å². The van der Waals surface area contributed by atoms with Gasteiger partial charge in [-0.1, -0.05) is 0 Å². The number of esters is 1. The zero-order chi connectivity index (χ0) is 13.8. The first kappa shape index (κ1) is 12.9. The number of hydrogen-bond acceptors (Lipinski definition) is 5. The number of pyridine rings is 1. The van der Waals surface area contributed by atoms with Crippen LogP contribution in [0.5, 0.6) is 11.5 Å². The zero-order valence-corrected chi connectivity index (χ0v) is 10.7. The van der Waals surface area contributed by atoms with Crippen LogP contribution in [0.25, 0.3) is 0 Å². The second kappa shape index (κ2) is 5.39. The highest BCUT2D eigenvalue weighted by Gasteiger charge is 2.12. The van der Waals surface area contributed by atoms with E-state index in [1.165, 1.54) is 7.11 Å². The van der Waals surface area contributed by atoms with Gasteiger partial charge in [0.25, 0.3) is 0 Å². The van der Waals surface area contributed by atoms with Crippen molar-refractivity contribution in [2.75, 3.05) is 12.8 Å². The topological polar surface area (TPSA) is 74.4 Å². The molecular formula is C14H14N2O3. The number of carbonyl (C=O) groups excluding carboxylic acids is 1. The standard InChI is InChI=1S/C14H14N2O3/c1-9-13(4-3-7-16-9)19-10-5-6-12(15)11(8-10)14(17)18-2/h3-8H,15H2,1-2H3. The van der Waals surface area contributed by atoms with Crippen molar-refractivity contribution in [1.29, 1.82) is 0 Å². The molecule has 0 aliphatic rings. The van der Waals surface area contributed by atoms with Gasteiger partial charge in [-0.15, -0.1) is 0 Å². The molecule has 0 amide bonds. The van der Waals surface area contributed by atoms with E-state index >= 15 is 0 Å². The highest BCUT2D eigenvalue weighted by atomic mass is 16.5. The second-order valence-electron chi connectivity index (χ2n) is 3.93. The molecule has 0 saturated heterocycles. The molecule has 0 fully saturated rings. The number of anilines is 1. The smallest absolute Gasteiger partial charge is 0.340 e. The van der Waals surface area contributed by atoms with Crippen molar-refractivity contribution >= 4 is 11.7 Å². The minimum absolute atomic E-state index is 0.279. The predicted octanol–water partition coefficient (Wildman–Crippen LogP) is 2.55. The number of aryl methyl sites for hydroxylation is 1. The number of rotatable bonds is 3. The molecule has 1 aromatic heterocycles. The molecule has 2 aromatic rings. The molecule has 2 rings (SSSR count). The van der Waals surface area contributed by atoms with Crippen LogP contribution < -0.4 is 10.5 Å². The summed E-state index contributed by atoms with van der Waals surface area (Å²) in [5, 5.41) is 0. The fourth-order valence-corrected chi connectivity index (χ4v) is 1.59. The lowest BCUT2D eigenvalue weighted by Crippen LogP contribution is -2.05. The van der Waals surface area contributed by atoms with Crippen molar-refractivity contribution in [1.82, 2.24) is 4.98 Å². The first-order chi connectivity index (χ1) is 9.11. The molecule has 0 saturated carbocycles. The van der Waals surface area contributed by atoms with Crippen molar-refractivity contribution < 1.29 is 14.3 Å². The fourth-order valence-electron chi connectivity index (χ4n) is 1.59. The average molecular weight is 258 g/mol. The van der Waals surface area contributed by atoms with Crippen molar-refractivity contribution in [3.63, 3.8) is 0 Å². The third-order valence-electron chi connectivity index (χ3n) is 2.62. The van der Waals surface area contributed by atoms with Crippen LogP contribution in [0.15, 0.2) is 36.5 Å². The lowest BCUT2D eigenvalue weighted by molar-refractivity contribution is 0.0601. The van der Waals surface area contributed by atoms with Gasteiger partial charge in [-0.3, -0.25) is 4.98 Å². The first-order valence-corrected chi connectivity index (χ1v) is 5.69. The molecule has 0 spiro atoms. The molecule has 0 aliphatic heterocycles. The molecule has 19 heavy (non-hydrogen) atoms. The van der Waals surface area contributed by atoms with Gasteiger partial charge in [0.05, 0.1) is 18.4 Å². The second-order valence-corrected chi connectivity index (χ2v) is 3.93. The van der Waals surface area contributed by atoms with Crippen LogP contribution in [0, 0.1) is 6.92 Å². The fraction of sp³-hybridized carbons (Fsp3) is 0.143. The summed E-state index contributed by atoms with van der Waals surface area (Å²) in [6.45, 7) is 1.84. The zero-order valence-electron chi connectivity index (χ0n) is 10.7. The van der Waals surface area contributed by atoms with Gasteiger partial charge in [0.1, 0.15) is 11.5 Å². The average Bonchev–Trinajstić information content (AvgIpc) is 2.42. The maximum absolute atomic E-state index is 11.5. The van der Waals surface area contributed by atoms with E-state index in [1.54, 1.807) is 36.5 Å². The van der Waals surface area contributed by atoms with E-state index in [0.717, 1.165) is 5.69 Å². The van der Waals surface area contributed by atoms with E-state index in [2.05, 4.69) is 9.72 Å². The Bertz CT molecular complexity index is 611. The molecule has 0 unspecified atom stereocenters. The number of nitrogen functional groups attached to an aromatic ring is 1. The Hall–Kier alpha value is -2.56. The van der Waals surface area contributed by atoms with E-state index in [4.69, 9.17) is 10.5 Å². The number of nitrogens with two attached hydrogens (primary N) is 1. The quantitative estimate of drug-likeness (QED) is 0.676. The summed E-state index contributed by atoms with van der Waals surface area (Å²) in [6.07, 6.45) is 1.69. The van der Waals surface area contributed by atoms with Gasteiger partial charge in [0, 0.05) is 11.9 Å². The Morgan fingerprint density at radius 1 is 1.32 bits per heavy atom. The summed E-state index contributed by atoms with van der Waals surface area (Å²) < 4.78 is 10.3. The number of ether oxygens (including phenoxy) is 2. The molecular weight excluding hydrogens is 244 g/mol. The number of carbonyl (C=O) groups is 1. The summed E-state index contributed by atoms with van der Waals surface area (Å²) in [5.41, 5.74) is 7.11. The number of hydrogen-bond donors (Lipinski definition) is 1. The van der Waals surface area contributed by atoms with Crippen LogP contribution in [0.2, 0.25) is 0 Å². The molecule has 98 valence electrons. The highest BCUT2D eigenvalue weighted by molar-refractivity contribution is 5.95. The lowest BCUT2D eigenvalue weighted by atomic mass is 10.1. The van der Waals surface area contributed by atoms with E-state index < -0.39 is 5.97 Å². The van der Waals surface area contributed by atoms with Gasteiger partial charge in [0.15, 0.2) is 0 Å². The highest BCUT2D eigenvalue weighted by Crippen LogP contribution is 2.26. The van der Waals surface area contributed by atoms with Gasteiger partial charge >= 0.3 is 5.97 Å². The summed E-state index contributed by atoms with van der Waals surface area (Å²) in [7, 11) is 1.31. The number of benzene rings is 1. The maximum atomic E-state index is 11.5. The Balaban J connectivity index is 2.32. The molecule has 0 aliphatic carbocycles. The molecule has 2 N–H and O–H groups in total. The Labute approximate surface area is 111 Å². The lowest BCUT2D eigenvalue weighted by Gasteiger charge is -2.10. The number of methoxy groups -OCH3 is 1. The number of nitrogens with zero attached hydrogens (tertiary/aromatic N) is 1. The van der Waals surface area contributed by atoms with Crippen molar-refractivity contribution in [2.24, 2.45) is 0 Å². The first-order valence-electron chi connectivity index (χ1n) is 5.69. The summed E-state index contributed by atoms with van der Waals surface area (Å²) in [5.74, 6) is 0.639. The van der Waals surface area contributed by atoms with Gasteiger partial charge in [-0.2, -0.15) is 0 Å². The summed E-state index contributed by atoms with van der Waals surface area (Å²) >= 11 is 0. The largest absolute Gasteiger partial charge is 0.465 e. The maximum Gasteiger partial charge on any atom is 0.340 e. The third kappa shape index (κ3) is 2.82. The molecule has 5 nitrogen and oxygen atoms in total. The Kier molecular flexibility index (Phi) is 3.66. The minimum atomic E-state index is -0.495. The van der Waals surface area contributed by atoms with E-state index in [1.807, 2.05) is 6.92 Å². The van der Waals surface area contributed by atoms with Gasteiger partial charge in [-0.05, 0) is 37.3 Å². The van der Waals surface area contributed by atoms with Crippen LogP contribution in [-0.2, 0) is 4.74 Å². The Morgan fingerprint density at radius 3 is 2.79 bits per heavy atom. The molecule has 1 heterocycles. The van der Waals surface area contributed by atoms with Crippen LogP contribution in [0.3, 0.4) is 0 Å². The van der Waals surface area contributed by atoms with Crippen molar-refractivity contribution in [2.45, 2.75) is 6.92 Å². The van der Waals surface area contributed by atoms with Gasteiger partial charge in [0.2, 0.25) is 0 Å². The minimum Gasteiger partial charge on any atom is -0.465 e. The predicted molar refractivity (Wildman–Crippen MR) is 71.2 cm³/mol. The molecule has 1 aromatic carbocycles. The van der Waals surface area contributed by atoms with Crippen LogP contribution in [0.4, 0.5) is 5.69 Å². The Morgan fingerprint density at radius 2 is 2.11 bits per heavy atom. The SMILES string of the molecule is COC(=O)c1cc(Oc2cccnc2C)ccc1N. The molecule has 5 heteroatoms. The van der Waals surface area contributed by atoms with Gasteiger partial charge in [-0.25, -0.2) is 4.79 Å². The van der Waals surface area contributed by atoms with E-state index in [-0.39, 0.29) is 5.56 Å². The normalized spacial score (nSPS) is 10.0. The van der Waals surface area contributed by atoms with Crippen molar-refractivity contribution in [3.8, 4) is 11.5 Å². The third-order valence-corrected chi connectivity index (χ3v) is 2.62. The monoisotopic (exact) mass is 258 g/mol. The molecule has 0 radical (unpaired) electrons. The van der Waals surface area contributed by atoms with E-state index in [0.29, 0.717) is 17.2 Å². The summed E-state index contributed by atoms with van der Waals surface area (Å²) in [4.78, 5) is 15.7. The summed E-state index contributed by atoms with van der Waals surface area (Å²) in [6, 6.07) is 8.42. The van der Waals surface area contributed by atoms with Crippen LogP contribution >= 0.6 is 0 Å². The number of aromatic nitrogens is 1. The van der Waals surface area contributed by atoms with Crippen LogP contribution in [-0.4, -0.2) is 18.1 Å².